The van der Waals surface area contributed by atoms with Crippen molar-refractivity contribution in [3.05, 3.63) is 29.8 Å². The summed E-state index contributed by atoms with van der Waals surface area (Å²) in [7, 11) is 2.15. The van der Waals surface area contributed by atoms with Crippen LogP contribution in [0.3, 0.4) is 0 Å². The van der Waals surface area contributed by atoms with E-state index >= 15 is 0 Å². The number of ether oxygens (including phenoxy) is 1. The van der Waals surface area contributed by atoms with Gasteiger partial charge in [-0.2, -0.15) is 8.78 Å². The van der Waals surface area contributed by atoms with Crippen LogP contribution >= 0.6 is 12.4 Å². The third-order valence-electron chi connectivity index (χ3n) is 4.65. The Hall–Kier alpha value is -0.910. The molecule has 3 nitrogen and oxygen atoms in total. The summed E-state index contributed by atoms with van der Waals surface area (Å²) in [4.78, 5) is 2.38. The zero-order valence-corrected chi connectivity index (χ0v) is 13.5. The second kappa shape index (κ2) is 7.57. The fourth-order valence-corrected chi connectivity index (χ4v) is 3.58. The number of piperidine rings is 1. The minimum Gasteiger partial charge on any atom is -0.435 e. The van der Waals surface area contributed by atoms with E-state index in [-0.39, 0.29) is 18.2 Å². The van der Waals surface area contributed by atoms with Gasteiger partial charge in [0.05, 0.1) is 0 Å². The van der Waals surface area contributed by atoms with Gasteiger partial charge in [0.15, 0.2) is 0 Å². The van der Waals surface area contributed by atoms with Gasteiger partial charge >= 0.3 is 6.61 Å². The van der Waals surface area contributed by atoms with Crippen LogP contribution in [-0.4, -0.2) is 36.7 Å². The number of benzene rings is 1. The van der Waals surface area contributed by atoms with Gasteiger partial charge < -0.3 is 10.1 Å². The molecule has 1 N–H and O–H groups in total. The van der Waals surface area contributed by atoms with Crippen LogP contribution < -0.4 is 10.1 Å². The molecule has 2 atom stereocenters. The monoisotopic (exact) mass is 332 g/mol. The summed E-state index contributed by atoms with van der Waals surface area (Å²) in [5.74, 6) is 0.219. The Morgan fingerprint density at radius 2 is 1.77 bits per heavy atom. The molecule has 2 heterocycles. The van der Waals surface area contributed by atoms with Crippen LogP contribution in [0.4, 0.5) is 8.78 Å². The number of hydrogen-bond acceptors (Lipinski definition) is 3. The average molecular weight is 333 g/mol. The summed E-state index contributed by atoms with van der Waals surface area (Å²) in [5, 5.41) is 3.65. The predicted molar refractivity (Wildman–Crippen MR) is 84.8 cm³/mol. The molecule has 0 amide bonds. The molecule has 22 heavy (non-hydrogen) atoms. The Morgan fingerprint density at radius 3 is 2.32 bits per heavy atom. The van der Waals surface area contributed by atoms with E-state index in [2.05, 4.69) is 22.0 Å². The number of alkyl halides is 2. The third-order valence-corrected chi connectivity index (χ3v) is 4.65. The molecule has 1 aromatic rings. The number of halogens is 3. The lowest BCUT2D eigenvalue weighted by atomic mass is 9.98. The summed E-state index contributed by atoms with van der Waals surface area (Å²) in [6, 6.07) is 8.92. The number of nitrogens with zero attached hydrogens (tertiary/aromatic N) is 1. The zero-order valence-electron chi connectivity index (χ0n) is 12.7. The molecule has 2 saturated heterocycles. The molecule has 0 saturated carbocycles. The molecule has 2 unspecified atom stereocenters. The van der Waals surface area contributed by atoms with E-state index in [1.807, 2.05) is 12.1 Å². The van der Waals surface area contributed by atoms with Crippen molar-refractivity contribution in [1.29, 1.82) is 0 Å². The summed E-state index contributed by atoms with van der Waals surface area (Å²) in [6.07, 6.45) is 5.02. The molecule has 2 aliphatic heterocycles. The SMILES string of the molecule is CN(Cc1ccc(OC(F)F)cc1)C1CC2CCC(C1)N2.Cl. The van der Waals surface area contributed by atoms with Gasteiger partial charge in [0, 0.05) is 24.7 Å². The van der Waals surface area contributed by atoms with Crippen LogP contribution in [0.5, 0.6) is 5.75 Å². The van der Waals surface area contributed by atoms with Crippen molar-refractivity contribution in [2.75, 3.05) is 7.05 Å². The Kier molecular flexibility index (Phi) is 6.01. The lowest BCUT2D eigenvalue weighted by Crippen LogP contribution is -2.46. The highest BCUT2D eigenvalue weighted by atomic mass is 35.5. The first-order valence-corrected chi connectivity index (χ1v) is 7.60. The van der Waals surface area contributed by atoms with Gasteiger partial charge in [0.2, 0.25) is 0 Å². The minimum absolute atomic E-state index is 0. The minimum atomic E-state index is -2.76. The molecule has 124 valence electrons. The van der Waals surface area contributed by atoms with Crippen molar-refractivity contribution in [3.63, 3.8) is 0 Å². The van der Waals surface area contributed by atoms with E-state index < -0.39 is 6.61 Å². The van der Waals surface area contributed by atoms with Crippen molar-refractivity contribution in [1.82, 2.24) is 10.2 Å². The van der Waals surface area contributed by atoms with Gasteiger partial charge in [-0.1, -0.05) is 12.1 Å². The Bertz CT molecular complexity index is 460. The average Bonchev–Trinajstić information content (AvgIpc) is 2.79. The fourth-order valence-electron chi connectivity index (χ4n) is 3.58. The normalized spacial score (nSPS) is 27.0. The molecular weight excluding hydrogens is 310 g/mol. The molecule has 2 aliphatic rings. The van der Waals surface area contributed by atoms with Gasteiger partial charge in [-0.25, -0.2) is 0 Å². The quantitative estimate of drug-likeness (QED) is 0.894. The van der Waals surface area contributed by atoms with E-state index in [9.17, 15) is 8.78 Å². The zero-order chi connectivity index (χ0) is 14.8. The number of nitrogens with one attached hydrogen (secondary N) is 1. The topological polar surface area (TPSA) is 24.5 Å². The number of fused-ring (bicyclic) bond motifs is 2. The summed E-state index contributed by atoms with van der Waals surface area (Å²) < 4.78 is 28.6. The van der Waals surface area contributed by atoms with Gasteiger partial charge in [-0.15, -0.1) is 12.4 Å². The molecule has 6 heteroatoms. The van der Waals surface area contributed by atoms with Crippen LogP contribution in [-0.2, 0) is 6.54 Å². The van der Waals surface area contributed by atoms with Crippen LogP contribution in [0.1, 0.15) is 31.2 Å². The highest BCUT2D eigenvalue weighted by Crippen LogP contribution is 2.30. The maximum Gasteiger partial charge on any atom is 0.387 e. The summed E-state index contributed by atoms with van der Waals surface area (Å²) in [5.41, 5.74) is 1.13. The van der Waals surface area contributed by atoms with E-state index in [0.29, 0.717) is 18.1 Å². The van der Waals surface area contributed by atoms with Crippen LogP contribution in [0.15, 0.2) is 24.3 Å². The van der Waals surface area contributed by atoms with E-state index in [0.717, 1.165) is 12.1 Å². The van der Waals surface area contributed by atoms with E-state index in [1.54, 1.807) is 12.1 Å². The standard InChI is InChI=1S/C16H22F2N2O.ClH/c1-20(14-8-12-4-5-13(9-14)19-12)10-11-2-6-15(7-3-11)21-16(17)18;/h2-3,6-7,12-14,16,19H,4-5,8-10H2,1H3;1H. The van der Waals surface area contributed by atoms with Gasteiger partial charge in [0.1, 0.15) is 5.75 Å². The van der Waals surface area contributed by atoms with Gasteiger partial charge in [-0.05, 0) is 50.4 Å². The predicted octanol–water partition coefficient (Wildman–Crippen LogP) is 3.42. The van der Waals surface area contributed by atoms with Crippen LogP contribution in [0.25, 0.3) is 0 Å². The lowest BCUT2D eigenvalue weighted by molar-refractivity contribution is -0.0498. The summed E-state index contributed by atoms with van der Waals surface area (Å²) >= 11 is 0. The van der Waals surface area contributed by atoms with Crippen LogP contribution in [0, 0.1) is 0 Å². The molecule has 0 aliphatic carbocycles. The van der Waals surface area contributed by atoms with Crippen molar-refractivity contribution < 1.29 is 13.5 Å². The molecule has 0 aromatic heterocycles. The third kappa shape index (κ3) is 4.31. The summed E-state index contributed by atoms with van der Waals surface area (Å²) in [6.45, 7) is -1.91. The second-order valence-electron chi connectivity index (χ2n) is 6.20. The Labute approximate surface area is 136 Å². The first-order valence-electron chi connectivity index (χ1n) is 7.60. The molecule has 0 spiro atoms. The second-order valence-corrected chi connectivity index (χ2v) is 6.20. The number of hydrogen-bond donors (Lipinski definition) is 1. The number of rotatable bonds is 5. The van der Waals surface area contributed by atoms with Crippen molar-refractivity contribution in [2.24, 2.45) is 0 Å². The highest BCUT2D eigenvalue weighted by Gasteiger charge is 2.34. The smallest absolute Gasteiger partial charge is 0.387 e. The van der Waals surface area contributed by atoms with Gasteiger partial charge in [0.25, 0.3) is 0 Å². The Morgan fingerprint density at radius 1 is 1.18 bits per heavy atom. The molecule has 2 fully saturated rings. The molecule has 3 rings (SSSR count). The first kappa shape index (κ1) is 17.4. The maximum absolute atomic E-state index is 12.1. The van der Waals surface area contributed by atoms with Crippen molar-refractivity contribution in [2.45, 2.75) is 57.0 Å². The molecule has 2 bridgehead atoms. The maximum atomic E-state index is 12.1. The first-order chi connectivity index (χ1) is 10.1. The Balaban J connectivity index is 0.00000176. The molecule has 1 aromatic carbocycles. The highest BCUT2D eigenvalue weighted by molar-refractivity contribution is 5.85. The lowest BCUT2D eigenvalue weighted by Gasteiger charge is -2.35. The van der Waals surface area contributed by atoms with E-state index in [4.69, 9.17) is 0 Å². The van der Waals surface area contributed by atoms with Crippen molar-refractivity contribution in [3.8, 4) is 5.75 Å². The van der Waals surface area contributed by atoms with Crippen molar-refractivity contribution >= 4 is 12.4 Å². The molecule has 0 radical (unpaired) electrons. The van der Waals surface area contributed by atoms with Crippen LogP contribution in [0.2, 0.25) is 0 Å². The van der Waals surface area contributed by atoms with Gasteiger partial charge in [-0.3, -0.25) is 4.90 Å². The largest absolute Gasteiger partial charge is 0.435 e. The van der Waals surface area contributed by atoms with E-state index in [1.165, 1.54) is 25.7 Å². The fraction of sp³-hybridized carbons (Fsp3) is 0.625. The molecular formula is C16H23ClF2N2O.